The van der Waals surface area contributed by atoms with E-state index in [4.69, 9.17) is 0 Å². The van der Waals surface area contributed by atoms with Gasteiger partial charge in [0.05, 0.1) is 9.15 Å². The molecular weight excluding hydrogens is 324 g/mol. The van der Waals surface area contributed by atoms with Crippen molar-refractivity contribution in [3.63, 3.8) is 0 Å². The molecule has 0 N–H and O–H groups in total. The number of alkyl halides is 2. The maximum absolute atomic E-state index is 11.8. The van der Waals surface area contributed by atoms with E-state index in [1.54, 1.807) is 12.1 Å². The lowest BCUT2D eigenvalue weighted by Crippen LogP contribution is -2.22. The van der Waals surface area contributed by atoms with Crippen molar-refractivity contribution in [3.8, 4) is 0 Å². The Balaban J connectivity index is 2.24. The van der Waals surface area contributed by atoms with Crippen LogP contribution in [0.25, 0.3) is 0 Å². The van der Waals surface area contributed by atoms with Crippen molar-refractivity contribution in [3.05, 3.63) is 35.4 Å². The molecule has 0 amide bonds. The first-order valence-electron chi connectivity index (χ1n) is 4.60. The third-order valence-corrected chi connectivity index (χ3v) is 5.07. The van der Waals surface area contributed by atoms with Crippen molar-refractivity contribution in [1.82, 2.24) is 0 Å². The van der Waals surface area contributed by atoms with Gasteiger partial charge in [-0.2, -0.15) is 0 Å². The Labute approximate surface area is 103 Å². The highest BCUT2D eigenvalue weighted by atomic mass is 79.9. The van der Waals surface area contributed by atoms with Gasteiger partial charge in [0.2, 0.25) is 11.6 Å². The van der Waals surface area contributed by atoms with E-state index in [0.29, 0.717) is 5.56 Å². The molecule has 2 aliphatic rings. The summed E-state index contributed by atoms with van der Waals surface area (Å²) >= 11 is 6.92. The maximum Gasteiger partial charge on any atom is 0.229 e. The van der Waals surface area contributed by atoms with Crippen LogP contribution in [0.1, 0.15) is 21.8 Å². The predicted octanol–water partition coefficient (Wildman–Crippen LogP) is 2.65. The zero-order chi connectivity index (χ0) is 10.8. The fraction of sp³-hybridized carbons (Fsp3) is 0.273. The van der Waals surface area contributed by atoms with Crippen LogP contribution >= 0.6 is 31.9 Å². The first-order valence-corrected chi connectivity index (χ1v) is 6.19. The van der Waals surface area contributed by atoms with Crippen molar-refractivity contribution in [1.29, 1.82) is 0 Å². The van der Waals surface area contributed by atoms with Crippen LogP contribution in [0.3, 0.4) is 0 Å². The molecule has 0 saturated heterocycles. The van der Waals surface area contributed by atoms with Gasteiger partial charge < -0.3 is 0 Å². The van der Waals surface area contributed by atoms with Gasteiger partial charge in [0.25, 0.3) is 0 Å². The van der Waals surface area contributed by atoms with Gasteiger partial charge in [0.1, 0.15) is 0 Å². The number of ketones is 2. The summed E-state index contributed by atoms with van der Waals surface area (Å²) in [5.74, 6) is -0.779. The molecule has 1 aromatic carbocycles. The van der Waals surface area contributed by atoms with E-state index >= 15 is 0 Å². The smallest absolute Gasteiger partial charge is 0.229 e. The second-order valence-electron chi connectivity index (χ2n) is 3.91. The minimum atomic E-state index is -0.403. The Hall–Kier alpha value is -0.480. The lowest BCUT2D eigenvalue weighted by molar-refractivity contribution is -0.116. The summed E-state index contributed by atoms with van der Waals surface area (Å²) in [5, 5.41) is 0. The topological polar surface area (TPSA) is 34.1 Å². The second kappa shape index (κ2) is 2.80. The van der Waals surface area contributed by atoms with E-state index in [1.807, 2.05) is 12.1 Å². The van der Waals surface area contributed by atoms with Crippen molar-refractivity contribution >= 4 is 43.4 Å². The van der Waals surface area contributed by atoms with Gasteiger partial charge in [-0.05, 0) is 5.56 Å². The molecule has 1 saturated carbocycles. The van der Waals surface area contributed by atoms with E-state index in [1.165, 1.54) is 0 Å². The van der Waals surface area contributed by atoms with Gasteiger partial charge in [-0.3, -0.25) is 9.59 Å². The van der Waals surface area contributed by atoms with E-state index in [2.05, 4.69) is 31.9 Å². The molecule has 15 heavy (non-hydrogen) atoms. The summed E-state index contributed by atoms with van der Waals surface area (Å²) in [6.45, 7) is 0. The van der Waals surface area contributed by atoms with E-state index in [0.717, 1.165) is 5.56 Å². The Morgan fingerprint density at radius 2 is 1.73 bits per heavy atom. The minimum Gasteiger partial charge on any atom is -0.290 e. The van der Waals surface area contributed by atoms with Crippen LogP contribution in [0, 0.1) is 5.92 Å². The highest BCUT2D eigenvalue weighted by molar-refractivity contribution is 9.25. The Morgan fingerprint density at radius 1 is 1.07 bits per heavy atom. The molecule has 4 heteroatoms. The summed E-state index contributed by atoms with van der Waals surface area (Å²) in [6.07, 6.45) is 0. The van der Waals surface area contributed by atoms with E-state index < -0.39 is 3.23 Å². The molecule has 3 rings (SSSR count). The molecule has 0 radical (unpaired) electrons. The van der Waals surface area contributed by atoms with Crippen LogP contribution in [0.5, 0.6) is 0 Å². The van der Waals surface area contributed by atoms with Gasteiger partial charge in [-0.15, -0.1) is 0 Å². The third-order valence-electron chi connectivity index (χ3n) is 3.10. The zero-order valence-corrected chi connectivity index (χ0v) is 10.7. The highest BCUT2D eigenvalue weighted by Gasteiger charge is 2.69. The number of hydrogen-bond donors (Lipinski definition) is 0. The molecule has 0 aliphatic heterocycles. The summed E-state index contributed by atoms with van der Waals surface area (Å²) in [4.78, 5) is 23.5. The lowest BCUT2D eigenvalue weighted by Gasteiger charge is -2.11. The van der Waals surface area contributed by atoms with Crippen LogP contribution in [0.2, 0.25) is 0 Å². The van der Waals surface area contributed by atoms with Crippen LogP contribution in [-0.4, -0.2) is 14.8 Å². The molecule has 1 aromatic rings. The van der Waals surface area contributed by atoms with Crippen LogP contribution in [0.15, 0.2) is 24.3 Å². The Bertz CT molecular complexity index is 493. The normalized spacial score (nSPS) is 30.8. The molecule has 2 aliphatic carbocycles. The molecule has 2 nitrogen and oxygen atoms in total. The van der Waals surface area contributed by atoms with E-state index in [9.17, 15) is 9.59 Å². The number of Topliss-reactive ketones (excluding diaryl/α,β-unsaturated/α-hetero) is 2. The number of benzene rings is 1. The van der Waals surface area contributed by atoms with Crippen molar-refractivity contribution in [2.45, 2.75) is 9.15 Å². The average molecular weight is 330 g/mol. The molecule has 2 atom stereocenters. The van der Waals surface area contributed by atoms with Gasteiger partial charge >= 0.3 is 0 Å². The summed E-state index contributed by atoms with van der Waals surface area (Å²) in [6, 6.07) is 7.33. The van der Waals surface area contributed by atoms with Crippen molar-refractivity contribution in [2.75, 3.05) is 0 Å². The fourth-order valence-corrected chi connectivity index (χ4v) is 3.99. The second-order valence-corrected chi connectivity index (χ2v) is 7.60. The monoisotopic (exact) mass is 328 g/mol. The minimum absolute atomic E-state index is 0.0962. The zero-order valence-electron chi connectivity index (χ0n) is 7.54. The van der Waals surface area contributed by atoms with E-state index in [-0.39, 0.29) is 23.4 Å². The number of fused-ring (bicyclic) bond motifs is 3. The molecule has 76 valence electrons. The first-order chi connectivity index (χ1) is 7.05. The molecular formula is C11H6Br2O2. The van der Waals surface area contributed by atoms with Crippen LogP contribution in [0.4, 0.5) is 0 Å². The van der Waals surface area contributed by atoms with Crippen molar-refractivity contribution in [2.24, 2.45) is 5.92 Å². The molecule has 0 spiro atoms. The lowest BCUT2D eigenvalue weighted by atomic mass is 9.90. The summed E-state index contributed by atoms with van der Waals surface area (Å²) in [7, 11) is 0. The number of carbonyl (C=O) groups is 2. The largest absolute Gasteiger partial charge is 0.290 e. The van der Waals surface area contributed by atoms with Gasteiger partial charge in [-0.1, -0.05) is 56.1 Å². The Morgan fingerprint density at radius 3 is 2.47 bits per heavy atom. The Kier molecular flexibility index (Phi) is 1.81. The SMILES string of the molecule is O=C1C(=O)[C@H]2[C@@H](c3ccccc31)C2(Br)Br. The molecule has 0 unspecified atom stereocenters. The first kappa shape index (κ1) is 9.73. The number of hydrogen-bond acceptors (Lipinski definition) is 2. The molecule has 0 aromatic heterocycles. The highest BCUT2D eigenvalue weighted by Crippen LogP contribution is 2.69. The number of rotatable bonds is 0. The van der Waals surface area contributed by atoms with Crippen LogP contribution < -0.4 is 0 Å². The summed E-state index contributed by atoms with van der Waals surface area (Å²) < 4.78 is -0.403. The molecule has 1 fully saturated rings. The van der Waals surface area contributed by atoms with Crippen molar-refractivity contribution < 1.29 is 9.59 Å². The van der Waals surface area contributed by atoms with Gasteiger partial charge in [-0.25, -0.2) is 0 Å². The maximum atomic E-state index is 11.8. The van der Waals surface area contributed by atoms with Gasteiger partial charge in [0.15, 0.2) is 0 Å². The fourth-order valence-electron chi connectivity index (χ4n) is 2.29. The number of halogens is 2. The van der Waals surface area contributed by atoms with Crippen LogP contribution in [-0.2, 0) is 4.79 Å². The van der Waals surface area contributed by atoms with Gasteiger partial charge in [0, 0.05) is 11.5 Å². The predicted molar refractivity (Wildman–Crippen MR) is 62.6 cm³/mol. The average Bonchev–Trinajstić information content (AvgIpc) is 2.79. The number of carbonyl (C=O) groups excluding carboxylic acids is 2. The summed E-state index contributed by atoms with van der Waals surface area (Å²) in [5.41, 5.74) is 1.53. The standard InChI is InChI=1S/C11H6Br2O2/c12-11(13)7-5-3-1-2-4-6(5)9(14)10(15)8(7)11/h1-4,7-8H/t7-,8-/m1/s1. The molecule has 0 heterocycles. The third kappa shape index (κ3) is 1.09. The quantitative estimate of drug-likeness (QED) is 0.541. The molecule has 0 bridgehead atoms.